The first-order valence-electron chi connectivity index (χ1n) is 7.49. The summed E-state index contributed by atoms with van der Waals surface area (Å²) in [5, 5.41) is 11.3. The first-order valence-corrected chi connectivity index (χ1v) is 7.49. The Hall–Kier alpha value is -3.41. The third-order valence-corrected chi connectivity index (χ3v) is 3.74. The van der Waals surface area contributed by atoms with E-state index in [0.29, 0.717) is 5.95 Å². The number of rotatable bonds is 4. The maximum absolute atomic E-state index is 5.18. The number of H-pyrrole nitrogens is 1. The lowest BCUT2D eigenvalue weighted by Crippen LogP contribution is -1.97. The number of nitrogens with zero attached hydrogens (tertiary/aromatic N) is 3. The van der Waals surface area contributed by atoms with Gasteiger partial charge < -0.3 is 10.1 Å². The quantitative estimate of drug-likeness (QED) is 0.599. The lowest BCUT2D eigenvalue weighted by Gasteiger charge is -2.07. The number of benzene rings is 2. The van der Waals surface area contributed by atoms with Gasteiger partial charge in [-0.15, -0.1) is 0 Å². The number of fused-ring (bicyclic) bond motifs is 1. The van der Waals surface area contributed by atoms with Gasteiger partial charge in [0.1, 0.15) is 5.75 Å². The van der Waals surface area contributed by atoms with E-state index >= 15 is 0 Å². The molecular formula is C18H15N5O. The van der Waals surface area contributed by atoms with Crippen LogP contribution in [0.1, 0.15) is 0 Å². The van der Waals surface area contributed by atoms with E-state index in [2.05, 4.69) is 25.5 Å². The third-order valence-electron chi connectivity index (χ3n) is 3.74. The maximum Gasteiger partial charge on any atom is 0.227 e. The van der Waals surface area contributed by atoms with Crippen molar-refractivity contribution in [3.05, 3.63) is 60.9 Å². The Kier molecular flexibility index (Phi) is 3.55. The van der Waals surface area contributed by atoms with Crippen molar-refractivity contribution in [1.29, 1.82) is 0 Å². The van der Waals surface area contributed by atoms with Crippen molar-refractivity contribution in [3.8, 4) is 17.0 Å². The summed E-state index contributed by atoms with van der Waals surface area (Å²) in [4.78, 5) is 8.86. The second-order valence-electron chi connectivity index (χ2n) is 5.29. The molecule has 0 amide bonds. The maximum atomic E-state index is 5.18. The van der Waals surface area contributed by atoms with Gasteiger partial charge in [-0.05, 0) is 48.5 Å². The molecule has 0 aliphatic carbocycles. The van der Waals surface area contributed by atoms with E-state index < -0.39 is 0 Å². The number of aromatic nitrogens is 4. The molecule has 0 saturated carbocycles. The van der Waals surface area contributed by atoms with Crippen LogP contribution in [-0.4, -0.2) is 27.3 Å². The lowest BCUT2D eigenvalue weighted by atomic mass is 10.1. The van der Waals surface area contributed by atoms with Crippen molar-refractivity contribution in [2.75, 3.05) is 12.4 Å². The van der Waals surface area contributed by atoms with E-state index in [0.717, 1.165) is 33.6 Å². The Labute approximate surface area is 138 Å². The standard InChI is InChI=1S/C18H15N5O/c1-24-15-6-3-12(4-7-15)16-8-9-19-18(22-16)21-14-5-2-13-11-20-23-17(13)10-14/h2-11H,1H3,(H,20,23)(H,19,21,22). The van der Waals surface area contributed by atoms with Crippen LogP contribution in [0.3, 0.4) is 0 Å². The third kappa shape index (κ3) is 2.77. The summed E-state index contributed by atoms with van der Waals surface area (Å²) in [6.45, 7) is 0. The van der Waals surface area contributed by atoms with E-state index in [1.807, 2.05) is 48.5 Å². The topological polar surface area (TPSA) is 75.7 Å². The number of nitrogens with one attached hydrogen (secondary N) is 2. The molecule has 0 fully saturated rings. The largest absolute Gasteiger partial charge is 0.497 e. The number of anilines is 2. The molecule has 0 spiro atoms. The zero-order chi connectivity index (χ0) is 16.4. The Morgan fingerprint density at radius 1 is 1.04 bits per heavy atom. The molecule has 0 bridgehead atoms. The van der Waals surface area contributed by atoms with Gasteiger partial charge in [-0.25, -0.2) is 9.97 Å². The number of hydrogen-bond acceptors (Lipinski definition) is 5. The molecule has 0 aliphatic rings. The minimum absolute atomic E-state index is 0.544. The summed E-state index contributed by atoms with van der Waals surface area (Å²) >= 11 is 0. The fraction of sp³-hybridized carbons (Fsp3) is 0.0556. The van der Waals surface area contributed by atoms with Crippen LogP contribution in [0, 0.1) is 0 Å². The molecule has 0 unspecified atom stereocenters. The molecule has 6 nitrogen and oxygen atoms in total. The fourth-order valence-corrected chi connectivity index (χ4v) is 2.49. The van der Waals surface area contributed by atoms with E-state index in [1.165, 1.54) is 0 Å². The average Bonchev–Trinajstić information content (AvgIpc) is 3.10. The second kappa shape index (κ2) is 6.00. The molecule has 0 atom stereocenters. The van der Waals surface area contributed by atoms with Crippen LogP contribution in [0.5, 0.6) is 5.75 Å². The highest BCUT2D eigenvalue weighted by Gasteiger charge is 2.04. The summed E-state index contributed by atoms with van der Waals surface area (Å²) in [6.07, 6.45) is 3.53. The smallest absolute Gasteiger partial charge is 0.227 e. The Morgan fingerprint density at radius 2 is 1.92 bits per heavy atom. The predicted molar refractivity (Wildman–Crippen MR) is 93.4 cm³/mol. The van der Waals surface area contributed by atoms with Gasteiger partial charge in [-0.3, -0.25) is 5.10 Å². The molecule has 4 rings (SSSR count). The van der Waals surface area contributed by atoms with Crippen molar-refractivity contribution in [2.45, 2.75) is 0 Å². The van der Waals surface area contributed by atoms with Crippen molar-refractivity contribution < 1.29 is 4.74 Å². The minimum atomic E-state index is 0.544. The molecule has 0 saturated heterocycles. The molecule has 2 aromatic carbocycles. The summed E-state index contributed by atoms with van der Waals surface area (Å²) in [7, 11) is 1.65. The van der Waals surface area contributed by atoms with Crippen LogP contribution in [-0.2, 0) is 0 Å². The molecule has 118 valence electrons. The normalized spacial score (nSPS) is 10.7. The number of ether oxygens (including phenoxy) is 1. The average molecular weight is 317 g/mol. The highest BCUT2D eigenvalue weighted by molar-refractivity contribution is 5.82. The summed E-state index contributed by atoms with van der Waals surface area (Å²) < 4.78 is 5.18. The van der Waals surface area contributed by atoms with Crippen molar-refractivity contribution in [2.24, 2.45) is 0 Å². The lowest BCUT2D eigenvalue weighted by molar-refractivity contribution is 0.415. The Bertz CT molecular complexity index is 978. The van der Waals surface area contributed by atoms with E-state index in [-0.39, 0.29) is 0 Å². The van der Waals surface area contributed by atoms with Gasteiger partial charge in [-0.1, -0.05) is 0 Å². The molecule has 4 aromatic rings. The van der Waals surface area contributed by atoms with Gasteiger partial charge in [-0.2, -0.15) is 5.10 Å². The van der Waals surface area contributed by atoms with E-state index in [9.17, 15) is 0 Å². The van der Waals surface area contributed by atoms with Gasteiger partial charge in [0, 0.05) is 22.8 Å². The van der Waals surface area contributed by atoms with Crippen LogP contribution >= 0.6 is 0 Å². The van der Waals surface area contributed by atoms with Gasteiger partial charge in [0.25, 0.3) is 0 Å². The van der Waals surface area contributed by atoms with Gasteiger partial charge in [0.05, 0.1) is 24.5 Å². The summed E-state index contributed by atoms with van der Waals surface area (Å²) in [5.74, 6) is 1.36. The molecule has 0 aliphatic heterocycles. The number of aromatic amines is 1. The molecule has 0 radical (unpaired) electrons. The molecule has 2 heterocycles. The van der Waals surface area contributed by atoms with Gasteiger partial charge >= 0.3 is 0 Å². The highest BCUT2D eigenvalue weighted by atomic mass is 16.5. The van der Waals surface area contributed by atoms with Crippen LogP contribution in [0.15, 0.2) is 60.9 Å². The van der Waals surface area contributed by atoms with Crippen LogP contribution in [0.4, 0.5) is 11.6 Å². The SMILES string of the molecule is COc1ccc(-c2ccnc(Nc3ccc4cn[nH]c4c3)n2)cc1. The van der Waals surface area contributed by atoms with Crippen molar-refractivity contribution in [1.82, 2.24) is 20.2 Å². The summed E-state index contributed by atoms with van der Waals surface area (Å²) in [6, 6.07) is 15.6. The second-order valence-corrected chi connectivity index (χ2v) is 5.29. The molecular weight excluding hydrogens is 302 g/mol. The Morgan fingerprint density at radius 3 is 2.75 bits per heavy atom. The minimum Gasteiger partial charge on any atom is -0.497 e. The fourth-order valence-electron chi connectivity index (χ4n) is 2.49. The molecule has 6 heteroatoms. The summed E-state index contributed by atoms with van der Waals surface area (Å²) in [5.41, 5.74) is 3.72. The van der Waals surface area contributed by atoms with Crippen LogP contribution < -0.4 is 10.1 Å². The monoisotopic (exact) mass is 317 g/mol. The molecule has 2 N–H and O–H groups in total. The zero-order valence-corrected chi connectivity index (χ0v) is 13.0. The van der Waals surface area contributed by atoms with Gasteiger partial charge in [0.15, 0.2) is 0 Å². The van der Waals surface area contributed by atoms with Crippen LogP contribution in [0.25, 0.3) is 22.2 Å². The van der Waals surface area contributed by atoms with Crippen LogP contribution in [0.2, 0.25) is 0 Å². The van der Waals surface area contributed by atoms with Crippen molar-refractivity contribution >= 4 is 22.5 Å². The van der Waals surface area contributed by atoms with E-state index in [4.69, 9.17) is 4.74 Å². The van der Waals surface area contributed by atoms with Gasteiger partial charge in [0.2, 0.25) is 5.95 Å². The highest BCUT2D eigenvalue weighted by Crippen LogP contribution is 2.23. The Balaban J connectivity index is 1.61. The first kappa shape index (κ1) is 14.2. The zero-order valence-electron chi connectivity index (χ0n) is 13.0. The number of methoxy groups -OCH3 is 1. The van der Waals surface area contributed by atoms with Crippen molar-refractivity contribution in [3.63, 3.8) is 0 Å². The molecule has 2 aromatic heterocycles. The van der Waals surface area contributed by atoms with E-state index in [1.54, 1.807) is 19.5 Å². The molecule has 24 heavy (non-hydrogen) atoms. The first-order chi connectivity index (χ1) is 11.8. The number of hydrogen-bond donors (Lipinski definition) is 2. The predicted octanol–water partition coefficient (Wildman–Crippen LogP) is 3.77.